The molecule has 2 aromatic carbocycles. The van der Waals surface area contributed by atoms with Crippen LogP contribution in [-0.2, 0) is 11.8 Å². The Morgan fingerprint density at radius 2 is 2.02 bits per heavy atom. The third-order valence-corrected chi connectivity index (χ3v) is 7.13. The van der Waals surface area contributed by atoms with Gasteiger partial charge in [-0.15, -0.1) is 5.10 Å². The summed E-state index contributed by atoms with van der Waals surface area (Å²) >= 11 is 0. The predicted octanol–water partition coefficient (Wildman–Crippen LogP) is 3.91. The van der Waals surface area contributed by atoms with Gasteiger partial charge in [-0.05, 0) is 44.2 Å². The molecule has 0 saturated carbocycles. The second-order valence-corrected chi connectivity index (χ2v) is 9.80. The molecule has 12 nitrogen and oxygen atoms in total. The molecule has 1 saturated heterocycles. The van der Waals surface area contributed by atoms with E-state index in [1.165, 1.54) is 12.4 Å². The van der Waals surface area contributed by atoms with Crippen molar-refractivity contribution in [3.05, 3.63) is 66.9 Å². The highest BCUT2D eigenvalue weighted by molar-refractivity contribution is 5.88. The number of nitrogens with one attached hydrogen (secondary N) is 1. The molecular formula is C28H27FN10O2. The molecule has 3 aromatic heterocycles. The van der Waals surface area contributed by atoms with Crippen LogP contribution in [-0.4, -0.2) is 71.4 Å². The van der Waals surface area contributed by atoms with Crippen LogP contribution in [0.4, 0.5) is 21.8 Å². The van der Waals surface area contributed by atoms with Gasteiger partial charge >= 0.3 is 0 Å². The monoisotopic (exact) mass is 554 g/mol. The highest BCUT2D eigenvalue weighted by Crippen LogP contribution is 2.33. The van der Waals surface area contributed by atoms with E-state index in [2.05, 4.69) is 37.2 Å². The number of hydrogen-bond donors (Lipinski definition) is 1. The van der Waals surface area contributed by atoms with Gasteiger partial charge in [-0.1, -0.05) is 11.8 Å². The number of carbonyl (C=O) groups excluding carboxylic acids is 1. The number of carbonyl (C=O) groups is 1. The van der Waals surface area contributed by atoms with Gasteiger partial charge in [0.15, 0.2) is 11.6 Å². The first-order valence-corrected chi connectivity index (χ1v) is 13.0. The van der Waals surface area contributed by atoms with Gasteiger partial charge in [0.25, 0.3) is 0 Å². The summed E-state index contributed by atoms with van der Waals surface area (Å²) in [4.78, 5) is 33.7. The van der Waals surface area contributed by atoms with Gasteiger partial charge in [-0.25, -0.2) is 29.0 Å². The molecule has 1 aliphatic rings. The summed E-state index contributed by atoms with van der Waals surface area (Å²) in [5.74, 6) is 1.13. The number of rotatable bonds is 6. The van der Waals surface area contributed by atoms with Crippen LogP contribution in [0.5, 0.6) is 11.5 Å². The number of piperazine rings is 1. The predicted molar refractivity (Wildman–Crippen MR) is 152 cm³/mol. The molecule has 4 heterocycles. The summed E-state index contributed by atoms with van der Waals surface area (Å²) in [6, 6.07) is 8.64. The van der Waals surface area contributed by atoms with Crippen molar-refractivity contribution in [1.29, 1.82) is 0 Å². The topological polar surface area (TPSA) is 127 Å². The number of aromatic nitrogens is 7. The fourth-order valence-corrected chi connectivity index (χ4v) is 4.89. The highest BCUT2D eigenvalue weighted by atomic mass is 19.1. The molecule has 0 bridgehead atoms. The largest absolute Gasteiger partial charge is 0.457 e. The smallest absolute Gasteiger partial charge is 0.246 e. The standard InChI is InChI=1S/C28H27FN10O2/c1-5-24(40)39-11-10-38(14-16(39)2)28-30-13-21-26(34-28)27(32-15-31-21)33-19-7-9-23(17(3)25(19)29)41-18-6-8-22-20(12-18)35-36-37(22)4/h5-9,12-13,15-16H,1,10-11,14H2,2-4H3,(H,31,32,33)/t16-/m1/s1. The fourth-order valence-electron chi connectivity index (χ4n) is 4.89. The van der Waals surface area contributed by atoms with Gasteiger partial charge in [-0.2, -0.15) is 0 Å². The fraction of sp³-hybridized carbons (Fsp3) is 0.250. The molecule has 0 unspecified atom stereocenters. The number of benzene rings is 2. The number of aryl methyl sites for hydroxylation is 1. The molecule has 1 aliphatic heterocycles. The molecule has 1 N–H and O–H groups in total. The second-order valence-electron chi connectivity index (χ2n) is 9.80. The van der Waals surface area contributed by atoms with E-state index in [0.29, 0.717) is 65.0 Å². The molecule has 1 amide bonds. The first kappa shape index (κ1) is 26.0. The minimum atomic E-state index is -0.485. The molecule has 6 rings (SSSR count). The van der Waals surface area contributed by atoms with E-state index < -0.39 is 5.82 Å². The Labute approximate surface area is 234 Å². The molecule has 0 spiro atoms. The normalized spacial score (nSPS) is 15.4. The van der Waals surface area contributed by atoms with Crippen molar-refractivity contribution < 1.29 is 13.9 Å². The molecule has 13 heteroatoms. The van der Waals surface area contributed by atoms with Crippen LogP contribution >= 0.6 is 0 Å². The Kier molecular flexibility index (Phi) is 6.61. The van der Waals surface area contributed by atoms with E-state index >= 15 is 4.39 Å². The Bertz CT molecular complexity index is 1810. The average Bonchev–Trinajstić information content (AvgIpc) is 3.36. The number of nitrogens with zero attached hydrogens (tertiary/aromatic N) is 9. The number of anilines is 3. The molecular weight excluding hydrogens is 527 g/mol. The lowest BCUT2D eigenvalue weighted by molar-refractivity contribution is -0.128. The number of fused-ring (bicyclic) bond motifs is 2. The van der Waals surface area contributed by atoms with Gasteiger partial charge in [0.1, 0.15) is 34.4 Å². The zero-order chi connectivity index (χ0) is 28.7. The second kappa shape index (κ2) is 10.4. The lowest BCUT2D eigenvalue weighted by Gasteiger charge is -2.39. The third-order valence-electron chi connectivity index (χ3n) is 7.13. The number of ether oxygens (including phenoxy) is 1. The van der Waals surface area contributed by atoms with Crippen LogP contribution in [0, 0.1) is 12.7 Å². The summed E-state index contributed by atoms with van der Waals surface area (Å²) in [7, 11) is 1.81. The van der Waals surface area contributed by atoms with E-state index in [0.717, 1.165) is 5.52 Å². The first-order valence-electron chi connectivity index (χ1n) is 13.0. The first-order chi connectivity index (χ1) is 19.8. The summed E-state index contributed by atoms with van der Waals surface area (Å²) in [5, 5.41) is 11.2. The van der Waals surface area contributed by atoms with Crippen molar-refractivity contribution in [2.75, 3.05) is 29.9 Å². The minimum Gasteiger partial charge on any atom is -0.457 e. The van der Waals surface area contributed by atoms with Gasteiger partial charge in [0, 0.05) is 44.4 Å². The van der Waals surface area contributed by atoms with Crippen LogP contribution in [0.25, 0.3) is 22.1 Å². The molecule has 0 radical (unpaired) electrons. The third kappa shape index (κ3) is 4.86. The Morgan fingerprint density at radius 3 is 2.83 bits per heavy atom. The number of halogens is 1. The summed E-state index contributed by atoms with van der Waals surface area (Å²) in [6.45, 7) is 8.84. The summed E-state index contributed by atoms with van der Waals surface area (Å²) in [6.07, 6.45) is 4.31. The van der Waals surface area contributed by atoms with Gasteiger partial charge in [-0.3, -0.25) is 4.79 Å². The Morgan fingerprint density at radius 1 is 1.17 bits per heavy atom. The van der Waals surface area contributed by atoms with E-state index in [9.17, 15) is 4.79 Å². The van der Waals surface area contributed by atoms with E-state index in [-0.39, 0.29) is 17.6 Å². The number of amides is 1. The maximum Gasteiger partial charge on any atom is 0.246 e. The van der Waals surface area contributed by atoms with Crippen LogP contribution in [0.1, 0.15) is 12.5 Å². The van der Waals surface area contributed by atoms with Crippen molar-refractivity contribution in [3.63, 3.8) is 0 Å². The maximum atomic E-state index is 15.6. The lowest BCUT2D eigenvalue weighted by Crippen LogP contribution is -2.54. The van der Waals surface area contributed by atoms with Crippen LogP contribution in [0.2, 0.25) is 0 Å². The van der Waals surface area contributed by atoms with E-state index in [1.807, 2.05) is 24.9 Å². The zero-order valence-electron chi connectivity index (χ0n) is 22.7. The van der Waals surface area contributed by atoms with E-state index in [4.69, 9.17) is 9.72 Å². The lowest BCUT2D eigenvalue weighted by atomic mass is 10.1. The molecule has 41 heavy (non-hydrogen) atoms. The summed E-state index contributed by atoms with van der Waals surface area (Å²) in [5.41, 5.74) is 3.04. The van der Waals surface area contributed by atoms with Crippen LogP contribution in [0.3, 0.4) is 0 Å². The molecule has 5 aromatic rings. The number of hydrogen-bond acceptors (Lipinski definition) is 10. The van der Waals surface area contributed by atoms with Crippen molar-refractivity contribution >= 4 is 45.4 Å². The average molecular weight is 555 g/mol. The van der Waals surface area contributed by atoms with Crippen molar-refractivity contribution in [3.8, 4) is 11.5 Å². The molecule has 0 aliphatic carbocycles. The molecule has 1 atom stereocenters. The quantitative estimate of drug-likeness (QED) is 0.309. The van der Waals surface area contributed by atoms with E-state index in [1.54, 1.807) is 47.0 Å². The van der Waals surface area contributed by atoms with Gasteiger partial charge in [0.05, 0.1) is 17.4 Å². The molecule has 1 fully saturated rings. The highest BCUT2D eigenvalue weighted by Gasteiger charge is 2.27. The maximum absolute atomic E-state index is 15.6. The van der Waals surface area contributed by atoms with Crippen molar-refractivity contribution in [1.82, 2.24) is 39.8 Å². The van der Waals surface area contributed by atoms with Crippen molar-refractivity contribution in [2.24, 2.45) is 7.05 Å². The SMILES string of the molecule is C=CC(=O)N1CCN(c2ncc3ncnc(Nc4ccc(Oc5ccc6c(c5)nnn6C)c(C)c4F)c3n2)C[C@H]1C. The van der Waals surface area contributed by atoms with Gasteiger partial charge in [0.2, 0.25) is 11.9 Å². The zero-order valence-corrected chi connectivity index (χ0v) is 22.7. The van der Waals surface area contributed by atoms with Crippen LogP contribution < -0.4 is 15.0 Å². The van der Waals surface area contributed by atoms with Gasteiger partial charge < -0.3 is 19.9 Å². The summed E-state index contributed by atoms with van der Waals surface area (Å²) < 4.78 is 23.2. The van der Waals surface area contributed by atoms with Crippen LogP contribution in [0.15, 0.2) is 55.5 Å². The minimum absolute atomic E-state index is 0.0430. The molecule has 208 valence electrons. The Hall–Kier alpha value is -5.20. The Balaban J connectivity index is 1.25. The van der Waals surface area contributed by atoms with Crippen molar-refractivity contribution in [2.45, 2.75) is 19.9 Å².